The Morgan fingerprint density at radius 3 is 2.67 bits per heavy atom. The van der Waals surface area contributed by atoms with Crippen LogP contribution in [0.2, 0.25) is 0 Å². The second-order valence-corrected chi connectivity index (χ2v) is 6.68. The van der Waals surface area contributed by atoms with E-state index in [1.165, 1.54) is 17.5 Å². The van der Waals surface area contributed by atoms with Crippen LogP contribution in [0.3, 0.4) is 0 Å². The maximum atomic E-state index is 6.04. The van der Waals surface area contributed by atoms with Gasteiger partial charge in [0.1, 0.15) is 5.75 Å². The smallest absolute Gasteiger partial charge is 0.126 e. The van der Waals surface area contributed by atoms with Gasteiger partial charge in [0.25, 0.3) is 0 Å². The Morgan fingerprint density at radius 2 is 2.00 bits per heavy atom. The third-order valence-electron chi connectivity index (χ3n) is 3.29. The first-order valence-electron chi connectivity index (χ1n) is 7.66. The molecular weight excluding hydrogens is 330 g/mol. The number of hydrogen-bond acceptors (Lipinski definition) is 3. The number of nitrogens with one attached hydrogen (secondary N) is 1. The molecule has 0 aliphatic carbocycles. The summed E-state index contributed by atoms with van der Waals surface area (Å²) in [5.74, 6) is 1.75. The fourth-order valence-corrected chi connectivity index (χ4v) is 2.82. The maximum absolute atomic E-state index is 6.04. The number of ether oxygens (including phenoxy) is 2. The lowest BCUT2D eigenvalue weighted by atomic mass is 10.1. The number of aryl methyl sites for hydroxylation is 1. The van der Waals surface area contributed by atoms with E-state index in [1.807, 2.05) is 0 Å². The van der Waals surface area contributed by atoms with Crippen LogP contribution < -0.4 is 10.1 Å². The van der Waals surface area contributed by atoms with Gasteiger partial charge in [-0.15, -0.1) is 0 Å². The van der Waals surface area contributed by atoms with Crippen molar-refractivity contribution in [3.63, 3.8) is 0 Å². The normalized spacial score (nSPS) is 11.1. The third-order valence-corrected chi connectivity index (χ3v) is 3.74. The van der Waals surface area contributed by atoms with Crippen molar-refractivity contribution in [2.75, 3.05) is 26.9 Å². The Kier molecular flexibility index (Phi) is 8.97. The van der Waals surface area contributed by atoms with E-state index in [2.05, 4.69) is 54.2 Å². The maximum Gasteiger partial charge on any atom is 0.126 e. The lowest BCUT2D eigenvalue weighted by Crippen LogP contribution is -2.19. The summed E-state index contributed by atoms with van der Waals surface area (Å²) in [7, 11) is 1.72. The first-order chi connectivity index (χ1) is 10.0. The lowest BCUT2D eigenvalue weighted by molar-refractivity contribution is 0.199. The molecule has 0 aliphatic rings. The number of hydrogen-bond donors (Lipinski definition) is 1. The van der Waals surface area contributed by atoms with Crippen LogP contribution >= 0.6 is 15.9 Å². The van der Waals surface area contributed by atoms with Gasteiger partial charge in [0.15, 0.2) is 0 Å². The van der Waals surface area contributed by atoms with Gasteiger partial charge in [-0.3, -0.25) is 0 Å². The van der Waals surface area contributed by atoms with E-state index in [1.54, 1.807) is 7.11 Å². The lowest BCUT2D eigenvalue weighted by Gasteiger charge is -2.16. The highest BCUT2D eigenvalue weighted by Crippen LogP contribution is 2.28. The van der Waals surface area contributed by atoms with Crippen LogP contribution in [0.1, 0.15) is 37.8 Å². The molecule has 0 spiro atoms. The number of halogens is 1. The SMILES string of the molecule is COCCNCc1cc(Br)cc(C)c1OCCCC(C)C. The van der Waals surface area contributed by atoms with Crippen molar-refractivity contribution >= 4 is 15.9 Å². The fraction of sp³-hybridized carbons (Fsp3) is 0.647. The van der Waals surface area contributed by atoms with Gasteiger partial charge >= 0.3 is 0 Å². The molecule has 0 unspecified atom stereocenters. The van der Waals surface area contributed by atoms with Gasteiger partial charge in [0.2, 0.25) is 0 Å². The Hall–Kier alpha value is -0.580. The predicted octanol–water partition coefficient (Wildman–Crippen LogP) is 4.31. The van der Waals surface area contributed by atoms with E-state index in [4.69, 9.17) is 9.47 Å². The molecule has 0 aromatic heterocycles. The van der Waals surface area contributed by atoms with Crippen LogP contribution in [0.5, 0.6) is 5.75 Å². The van der Waals surface area contributed by atoms with Gasteiger partial charge in [0, 0.05) is 30.2 Å². The molecule has 21 heavy (non-hydrogen) atoms. The van der Waals surface area contributed by atoms with Gasteiger partial charge in [-0.2, -0.15) is 0 Å². The van der Waals surface area contributed by atoms with Gasteiger partial charge in [0.05, 0.1) is 13.2 Å². The Balaban J connectivity index is 2.62. The molecule has 0 fully saturated rings. The predicted molar refractivity (Wildman–Crippen MR) is 92.0 cm³/mol. The van der Waals surface area contributed by atoms with Crippen molar-refractivity contribution in [1.29, 1.82) is 0 Å². The molecule has 1 rings (SSSR count). The second kappa shape index (κ2) is 10.2. The molecule has 0 saturated heterocycles. The molecule has 1 aromatic rings. The quantitative estimate of drug-likeness (QED) is 0.633. The molecule has 0 heterocycles. The van der Waals surface area contributed by atoms with Crippen LogP contribution in [-0.4, -0.2) is 26.9 Å². The van der Waals surface area contributed by atoms with E-state index in [9.17, 15) is 0 Å². The highest BCUT2D eigenvalue weighted by molar-refractivity contribution is 9.10. The van der Waals surface area contributed by atoms with Gasteiger partial charge in [-0.25, -0.2) is 0 Å². The van der Waals surface area contributed by atoms with Crippen molar-refractivity contribution < 1.29 is 9.47 Å². The molecule has 0 radical (unpaired) electrons. The van der Waals surface area contributed by atoms with E-state index in [0.717, 1.165) is 48.9 Å². The van der Waals surface area contributed by atoms with Gasteiger partial charge in [-0.1, -0.05) is 29.8 Å². The molecule has 0 aliphatic heterocycles. The highest BCUT2D eigenvalue weighted by Gasteiger charge is 2.09. The minimum absolute atomic E-state index is 0.720. The van der Waals surface area contributed by atoms with Crippen molar-refractivity contribution in [2.45, 2.75) is 40.2 Å². The zero-order valence-electron chi connectivity index (χ0n) is 13.7. The molecule has 120 valence electrons. The minimum atomic E-state index is 0.720. The van der Waals surface area contributed by atoms with Gasteiger partial charge in [-0.05, 0) is 43.4 Å². The standard InChI is InChI=1S/C17H28BrNO2/c1-13(2)6-5-8-21-17-14(3)10-16(18)11-15(17)12-19-7-9-20-4/h10-11,13,19H,5-9,12H2,1-4H3. The zero-order chi connectivity index (χ0) is 15.7. The summed E-state index contributed by atoms with van der Waals surface area (Å²) in [6, 6.07) is 4.24. The van der Waals surface area contributed by atoms with E-state index in [0.29, 0.717) is 0 Å². The van der Waals surface area contributed by atoms with Gasteiger partial charge < -0.3 is 14.8 Å². The van der Waals surface area contributed by atoms with E-state index < -0.39 is 0 Å². The summed E-state index contributed by atoms with van der Waals surface area (Å²) in [5.41, 5.74) is 2.37. The number of methoxy groups -OCH3 is 1. The summed E-state index contributed by atoms with van der Waals surface area (Å²) < 4.78 is 12.2. The topological polar surface area (TPSA) is 30.5 Å². The molecular formula is C17H28BrNO2. The van der Waals surface area contributed by atoms with Crippen molar-refractivity contribution in [1.82, 2.24) is 5.32 Å². The van der Waals surface area contributed by atoms with Crippen molar-refractivity contribution in [3.05, 3.63) is 27.7 Å². The Bertz CT molecular complexity index is 421. The Morgan fingerprint density at radius 1 is 1.24 bits per heavy atom. The highest BCUT2D eigenvalue weighted by atomic mass is 79.9. The average Bonchev–Trinajstić information content (AvgIpc) is 2.41. The minimum Gasteiger partial charge on any atom is -0.493 e. The molecule has 3 nitrogen and oxygen atoms in total. The Labute approximate surface area is 137 Å². The van der Waals surface area contributed by atoms with Crippen molar-refractivity contribution in [3.8, 4) is 5.75 Å². The molecule has 4 heteroatoms. The summed E-state index contributed by atoms with van der Waals surface area (Å²) in [4.78, 5) is 0. The molecule has 0 atom stereocenters. The third kappa shape index (κ3) is 7.30. The average molecular weight is 358 g/mol. The molecule has 1 aromatic carbocycles. The van der Waals surface area contributed by atoms with Crippen LogP contribution in [0.4, 0.5) is 0 Å². The van der Waals surface area contributed by atoms with Crippen LogP contribution in [0.25, 0.3) is 0 Å². The summed E-state index contributed by atoms with van der Waals surface area (Å²) in [6.07, 6.45) is 2.31. The largest absolute Gasteiger partial charge is 0.493 e. The molecule has 0 amide bonds. The van der Waals surface area contributed by atoms with E-state index >= 15 is 0 Å². The summed E-state index contributed by atoms with van der Waals surface area (Å²) in [6.45, 7) is 9.73. The number of benzene rings is 1. The monoisotopic (exact) mass is 357 g/mol. The number of rotatable bonds is 10. The van der Waals surface area contributed by atoms with Crippen LogP contribution in [-0.2, 0) is 11.3 Å². The molecule has 1 N–H and O–H groups in total. The first-order valence-corrected chi connectivity index (χ1v) is 8.45. The second-order valence-electron chi connectivity index (χ2n) is 5.77. The summed E-state index contributed by atoms with van der Waals surface area (Å²) in [5, 5.41) is 3.38. The zero-order valence-corrected chi connectivity index (χ0v) is 15.3. The summed E-state index contributed by atoms with van der Waals surface area (Å²) >= 11 is 3.56. The van der Waals surface area contributed by atoms with Crippen molar-refractivity contribution in [2.24, 2.45) is 5.92 Å². The fourth-order valence-electron chi connectivity index (χ4n) is 2.20. The first kappa shape index (κ1) is 18.5. The molecule has 0 bridgehead atoms. The van der Waals surface area contributed by atoms with E-state index in [-0.39, 0.29) is 0 Å². The molecule has 0 saturated carbocycles. The van der Waals surface area contributed by atoms with Crippen LogP contribution in [0.15, 0.2) is 16.6 Å². The van der Waals surface area contributed by atoms with Crippen LogP contribution in [0, 0.1) is 12.8 Å².